The van der Waals surface area contributed by atoms with Crippen molar-refractivity contribution in [1.29, 1.82) is 0 Å². The molecule has 1 heterocycles. The highest BCUT2D eigenvalue weighted by Crippen LogP contribution is 2.26. The van der Waals surface area contributed by atoms with Crippen LogP contribution in [0.15, 0.2) is 21.2 Å². The number of hydrogen-bond donors (Lipinski definition) is 2. The molecule has 4 heteroatoms. The summed E-state index contributed by atoms with van der Waals surface area (Å²) in [5, 5.41) is 13.1. The van der Waals surface area contributed by atoms with Crippen molar-refractivity contribution in [2.75, 3.05) is 6.54 Å². The highest BCUT2D eigenvalue weighted by atomic mass is 79.9. The molecule has 0 bridgehead atoms. The van der Waals surface area contributed by atoms with Crippen LogP contribution in [0.4, 0.5) is 0 Å². The molecule has 1 fully saturated rings. The molecule has 3 unspecified atom stereocenters. The third-order valence-corrected chi connectivity index (χ3v) is 3.75. The Morgan fingerprint density at radius 1 is 1.56 bits per heavy atom. The minimum absolute atomic E-state index is 0.122. The zero-order valence-corrected chi connectivity index (χ0v) is 11.0. The molecule has 0 amide bonds. The minimum atomic E-state index is -0.122. The van der Waals surface area contributed by atoms with Crippen molar-refractivity contribution in [1.82, 2.24) is 5.32 Å². The van der Waals surface area contributed by atoms with Crippen LogP contribution < -0.4 is 5.32 Å². The first-order valence-electron chi connectivity index (χ1n) is 5.83. The van der Waals surface area contributed by atoms with Gasteiger partial charge < -0.3 is 14.8 Å². The largest absolute Gasteiger partial charge is 0.453 e. The van der Waals surface area contributed by atoms with Gasteiger partial charge in [-0.05, 0) is 53.7 Å². The summed E-state index contributed by atoms with van der Waals surface area (Å²) in [6.45, 7) is 2.94. The van der Waals surface area contributed by atoms with Crippen molar-refractivity contribution in [3.8, 4) is 0 Å². The van der Waals surface area contributed by atoms with Gasteiger partial charge in [-0.2, -0.15) is 0 Å². The zero-order valence-electron chi connectivity index (χ0n) is 9.45. The molecule has 16 heavy (non-hydrogen) atoms. The van der Waals surface area contributed by atoms with Crippen molar-refractivity contribution in [3.63, 3.8) is 0 Å². The average Bonchev–Trinajstić information content (AvgIpc) is 2.84. The second-order valence-electron chi connectivity index (χ2n) is 4.53. The first-order valence-corrected chi connectivity index (χ1v) is 6.63. The number of nitrogens with one attached hydrogen (secondary N) is 1. The van der Waals surface area contributed by atoms with Crippen LogP contribution in [0.1, 0.15) is 38.0 Å². The normalized spacial score (nSPS) is 27.2. The number of aliphatic hydroxyl groups is 1. The predicted octanol–water partition coefficient (Wildman–Crippen LogP) is 2.85. The molecule has 2 N–H and O–H groups in total. The highest BCUT2D eigenvalue weighted by Gasteiger charge is 2.25. The lowest BCUT2D eigenvalue weighted by Crippen LogP contribution is -2.29. The summed E-state index contributed by atoms with van der Waals surface area (Å²) in [6, 6.07) is 4.06. The topological polar surface area (TPSA) is 45.4 Å². The summed E-state index contributed by atoms with van der Waals surface area (Å²) < 4.78 is 6.24. The van der Waals surface area contributed by atoms with E-state index in [4.69, 9.17) is 4.42 Å². The highest BCUT2D eigenvalue weighted by molar-refractivity contribution is 9.10. The maximum atomic E-state index is 9.71. The van der Waals surface area contributed by atoms with Crippen LogP contribution in [-0.2, 0) is 0 Å². The molecule has 1 aromatic rings. The van der Waals surface area contributed by atoms with Gasteiger partial charge in [0.05, 0.1) is 12.1 Å². The summed E-state index contributed by atoms with van der Waals surface area (Å²) in [5.74, 6) is 1.33. The Morgan fingerprint density at radius 2 is 2.38 bits per heavy atom. The number of halogens is 1. The maximum Gasteiger partial charge on any atom is 0.169 e. The molecule has 0 radical (unpaired) electrons. The van der Waals surface area contributed by atoms with E-state index in [1.807, 2.05) is 12.1 Å². The van der Waals surface area contributed by atoms with Gasteiger partial charge in [-0.3, -0.25) is 0 Å². The summed E-state index contributed by atoms with van der Waals surface area (Å²) in [5.41, 5.74) is 0. The van der Waals surface area contributed by atoms with Gasteiger partial charge in [0.15, 0.2) is 4.67 Å². The molecular formula is C12H18BrNO2. The molecule has 0 saturated heterocycles. The van der Waals surface area contributed by atoms with E-state index in [-0.39, 0.29) is 12.1 Å². The zero-order chi connectivity index (χ0) is 11.5. The van der Waals surface area contributed by atoms with Gasteiger partial charge in [0.1, 0.15) is 5.76 Å². The summed E-state index contributed by atoms with van der Waals surface area (Å²) in [7, 11) is 0. The molecule has 1 aliphatic carbocycles. The molecule has 1 aliphatic rings. The van der Waals surface area contributed by atoms with Crippen molar-refractivity contribution in [2.45, 2.75) is 38.3 Å². The molecular weight excluding hydrogens is 270 g/mol. The van der Waals surface area contributed by atoms with E-state index in [2.05, 4.69) is 28.2 Å². The predicted molar refractivity (Wildman–Crippen MR) is 66.2 cm³/mol. The third kappa shape index (κ3) is 2.87. The lowest BCUT2D eigenvalue weighted by Gasteiger charge is -2.18. The standard InChI is InChI=1S/C12H18BrNO2/c1-8(11-5-6-12(13)16-11)14-7-9-3-2-4-10(9)15/h5-6,8-10,14-15H,2-4,7H2,1H3. The number of furan rings is 1. The maximum absolute atomic E-state index is 9.71. The van der Waals surface area contributed by atoms with Crippen LogP contribution in [0, 0.1) is 5.92 Å². The third-order valence-electron chi connectivity index (χ3n) is 3.33. The van der Waals surface area contributed by atoms with E-state index in [0.29, 0.717) is 5.92 Å². The summed E-state index contributed by atoms with van der Waals surface area (Å²) in [4.78, 5) is 0. The molecule has 1 saturated carbocycles. The van der Waals surface area contributed by atoms with E-state index in [1.54, 1.807) is 0 Å². The van der Waals surface area contributed by atoms with Crippen LogP contribution in [-0.4, -0.2) is 17.8 Å². The van der Waals surface area contributed by atoms with Crippen molar-refractivity contribution >= 4 is 15.9 Å². The molecule has 90 valence electrons. The lowest BCUT2D eigenvalue weighted by molar-refractivity contribution is 0.129. The fraction of sp³-hybridized carbons (Fsp3) is 0.667. The Labute approximate surface area is 104 Å². The van der Waals surface area contributed by atoms with Crippen LogP contribution in [0.2, 0.25) is 0 Å². The number of aliphatic hydroxyl groups excluding tert-OH is 1. The summed E-state index contributed by atoms with van der Waals surface area (Å²) in [6.07, 6.45) is 3.10. The first-order chi connectivity index (χ1) is 7.66. The molecule has 2 rings (SSSR count). The quantitative estimate of drug-likeness (QED) is 0.895. The molecule has 1 aromatic heterocycles. The molecule has 3 atom stereocenters. The molecule has 0 spiro atoms. The van der Waals surface area contributed by atoms with Gasteiger partial charge in [0, 0.05) is 6.54 Å². The Bertz CT molecular complexity index is 340. The van der Waals surface area contributed by atoms with E-state index in [0.717, 1.165) is 36.2 Å². The fourth-order valence-electron chi connectivity index (χ4n) is 2.25. The van der Waals surface area contributed by atoms with Gasteiger partial charge in [0.2, 0.25) is 0 Å². The summed E-state index contributed by atoms with van der Waals surface area (Å²) >= 11 is 3.29. The van der Waals surface area contributed by atoms with Gasteiger partial charge in [-0.15, -0.1) is 0 Å². The second kappa shape index (κ2) is 5.34. The van der Waals surface area contributed by atoms with Gasteiger partial charge in [-0.1, -0.05) is 6.42 Å². The van der Waals surface area contributed by atoms with Gasteiger partial charge in [-0.25, -0.2) is 0 Å². The Hall–Kier alpha value is -0.320. The smallest absolute Gasteiger partial charge is 0.169 e. The Morgan fingerprint density at radius 3 is 2.94 bits per heavy atom. The van der Waals surface area contributed by atoms with Crippen molar-refractivity contribution in [2.24, 2.45) is 5.92 Å². The van der Waals surface area contributed by atoms with Gasteiger partial charge >= 0.3 is 0 Å². The first kappa shape index (κ1) is 12.1. The molecule has 0 aliphatic heterocycles. The van der Waals surface area contributed by atoms with Crippen LogP contribution in [0.25, 0.3) is 0 Å². The van der Waals surface area contributed by atoms with Crippen LogP contribution in [0.3, 0.4) is 0 Å². The van der Waals surface area contributed by atoms with E-state index in [9.17, 15) is 5.11 Å². The molecule has 3 nitrogen and oxygen atoms in total. The average molecular weight is 288 g/mol. The van der Waals surface area contributed by atoms with E-state index >= 15 is 0 Å². The van der Waals surface area contributed by atoms with Crippen molar-refractivity contribution < 1.29 is 9.52 Å². The Balaban J connectivity index is 1.81. The molecule has 0 aromatic carbocycles. The van der Waals surface area contributed by atoms with E-state index < -0.39 is 0 Å². The monoisotopic (exact) mass is 287 g/mol. The fourth-order valence-corrected chi connectivity index (χ4v) is 2.56. The SMILES string of the molecule is CC(NCC1CCCC1O)c1ccc(Br)o1. The van der Waals surface area contributed by atoms with Gasteiger partial charge in [0.25, 0.3) is 0 Å². The number of rotatable bonds is 4. The second-order valence-corrected chi connectivity index (χ2v) is 5.31. The van der Waals surface area contributed by atoms with Crippen LogP contribution >= 0.6 is 15.9 Å². The van der Waals surface area contributed by atoms with Crippen molar-refractivity contribution in [3.05, 3.63) is 22.6 Å². The van der Waals surface area contributed by atoms with Crippen LogP contribution in [0.5, 0.6) is 0 Å². The number of hydrogen-bond acceptors (Lipinski definition) is 3. The Kier molecular flexibility index (Phi) is 4.05. The lowest BCUT2D eigenvalue weighted by atomic mass is 10.1. The minimum Gasteiger partial charge on any atom is -0.453 e. The van der Waals surface area contributed by atoms with E-state index in [1.165, 1.54) is 0 Å².